The molecule has 0 spiro atoms. The van der Waals surface area contributed by atoms with Crippen LogP contribution >= 0.6 is 11.6 Å². The number of rotatable bonds is 2. The number of hydrogen-bond acceptors (Lipinski definition) is 2. The average Bonchev–Trinajstić information content (AvgIpc) is 2.18. The third-order valence-corrected chi connectivity index (χ3v) is 1.97. The van der Waals surface area contributed by atoms with Gasteiger partial charge in [0.25, 0.3) is 0 Å². The summed E-state index contributed by atoms with van der Waals surface area (Å²) in [7, 11) is 0. The van der Waals surface area contributed by atoms with Crippen LogP contribution in [0, 0.1) is 5.82 Å². The SMILES string of the molecule is CCN=C(NN)c1cc(F)ccc1Cl. The maximum Gasteiger partial charge on any atom is 0.144 e. The van der Waals surface area contributed by atoms with E-state index in [9.17, 15) is 4.39 Å². The van der Waals surface area contributed by atoms with E-state index >= 15 is 0 Å². The minimum atomic E-state index is -0.372. The summed E-state index contributed by atoms with van der Waals surface area (Å²) in [4.78, 5) is 4.04. The predicted molar refractivity (Wildman–Crippen MR) is 55.8 cm³/mol. The molecule has 0 heterocycles. The van der Waals surface area contributed by atoms with Gasteiger partial charge in [-0.2, -0.15) is 0 Å². The van der Waals surface area contributed by atoms with Crippen LogP contribution in [-0.4, -0.2) is 12.4 Å². The fourth-order valence-electron chi connectivity index (χ4n) is 1.05. The minimum Gasteiger partial charge on any atom is -0.308 e. The molecule has 3 N–H and O–H groups in total. The van der Waals surface area contributed by atoms with Crippen LogP contribution in [0.15, 0.2) is 23.2 Å². The van der Waals surface area contributed by atoms with Crippen LogP contribution in [0.3, 0.4) is 0 Å². The highest BCUT2D eigenvalue weighted by Gasteiger charge is 2.07. The number of halogens is 2. The Balaban J connectivity index is 3.15. The first-order chi connectivity index (χ1) is 6.69. The Morgan fingerprint density at radius 2 is 2.36 bits per heavy atom. The third-order valence-electron chi connectivity index (χ3n) is 1.64. The lowest BCUT2D eigenvalue weighted by molar-refractivity contribution is 0.627. The first-order valence-corrected chi connectivity index (χ1v) is 4.53. The molecule has 0 aliphatic rings. The van der Waals surface area contributed by atoms with E-state index in [1.54, 1.807) is 0 Å². The fourth-order valence-corrected chi connectivity index (χ4v) is 1.25. The maximum atomic E-state index is 12.9. The van der Waals surface area contributed by atoms with Gasteiger partial charge >= 0.3 is 0 Å². The Hall–Kier alpha value is -1.13. The fraction of sp³-hybridized carbons (Fsp3) is 0.222. The topological polar surface area (TPSA) is 50.4 Å². The van der Waals surface area contributed by atoms with Crippen molar-refractivity contribution in [3.8, 4) is 0 Å². The van der Waals surface area contributed by atoms with Gasteiger partial charge < -0.3 is 5.43 Å². The van der Waals surface area contributed by atoms with Crippen molar-refractivity contribution in [2.24, 2.45) is 10.8 Å². The maximum absolute atomic E-state index is 12.9. The summed E-state index contributed by atoms with van der Waals surface area (Å²) >= 11 is 5.86. The van der Waals surface area contributed by atoms with E-state index in [1.165, 1.54) is 18.2 Å². The summed E-state index contributed by atoms with van der Waals surface area (Å²) in [5, 5.41) is 0.413. The van der Waals surface area contributed by atoms with Gasteiger partial charge in [0.2, 0.25) is 0 Å². The van der Waals surface area contributed by atoms with E-state index in [1.807, 2.05) is 6.92 Å². The molecule has 14 heavy (non-hydrogen) atoms. The highest BCUT2D eigenvalue weighted by atomic mass is 35.5. The van der Waals surface area contributed by atoms with Gasteiger partial charge in [0.05, 0.1) is 5.02 Å². The molecule has 0 atom stereocenters. The molecule has 0 radical (unpaired) electrons. The normalized spacial score (nSPS) is 11.6. The van der Waals surface area contributed by atoms with Gasteiger partial charge in [-0.15, -0.1) is 0 Å². The summed E-state index contributed by atoms with van der Waals surface area (Å²) in [5.41, 5.74) is 2.85. The predicted octanol–water partition coefficient (Wildman–Crippen LogP) is 1.71. The molecule has 1 aromatic carbocycles. The van der Waals surface area contributed by atoms with Crippen LogP contribution < -0.4 is 11.3 Å². The second-order valence-electron chi connectivity index (χ2n) is 2.59. The number of nitrogens with one attached hydrogen (secondary N) is 1. The third kappa shape index (κ3) is 2.43. The van der Waals surface area contributed by atoms with E-state index in [0.717, 1.165) is 0 Å². The molecule has 0 fully saturated rings. The van der Waals surface area contributed by atoms with E-state index in [4.69, 9.17) is 17.4 Å². The lowest BCUT2D eigenvalue weighted by Gasteiger charge is -2.07. The second-order valence-corrected chi connectivity index (χ2v) is 3.00. The Labute approximate surface area is 86.8 Å². The summed E-state index contributed by atoms with van der Waals surface area (Å²) in [5.74, 6) is 5.26. The average molecular weight is 216 g/mol. The Bertz CT molecular complexity index is 352. The summed E-state index contributed by atoms with van der Waals surface area (Å²) in [6, 6.07) is 4.04. The number of nitrogens with two attached hydrogens (primary N) is 1. The van der Waals surface area contributed by atoms with Crippen LogP contribution in [0.2, 0.25) is 5.02 Å². The molecule has 0 saturated carbocycles. The minimum absolute atomic E-state index is 0.372. The van der Waals surface area contributed by atoms with Gasteiger partial charge in [0.1, 0.15) is 11.7 Å². The smallest absolute Gasteiger partial charge is 0.144 e. The molecular weight excluding hydrogens is 205 g/mol. The van der Waals surface area contributed by atoms with E-state index in [2.05, 4.69) is 10.4 Å². The molecule has 0 saturated heterocycles. The van der Waals surface area contributed by atoms with Gasteiger partial charge in [0.15, 0.2) is 0 Å². The van der Waals surface area contributed by atoms with E-state index in [0.29, 0.717) is 23.0 Å². The molecule has 0 aliphatic carbocycles. The zero-order valence-electron chi connectivity index (χ0n) is 7.72. The van der Waals surface area contributed by atoms with Crippen LogP contribution in [0.5, 0.6) is 0 Å². The number of amidine groups is 1. The van der Waals surface area contributed by atoms with Gasteiger partial charge in [-0.3, -0.25) is 4.99 Å². The van der Waals surface area contributed by atoms with Crippen LogP contribution in [0.4, 0.5) is 4.39 Å². The van der Waals surface area contributed by atoms with E-state index in [-0.39, 0.29) is 5.82 Å². The number of benzene rings is 1. The van der Waals surface area contributed by atoms with Crippen LogP contribution in [-0.2, 0) is 0 Å². The second kappa shape index (κ2) is 4.93. The number of aliphatic imine (C=N–C) groups is 1. The van der Waals surface area contributed by atoms with Gasteiger partial charge in [-0.25, -0.2) is 10.2 Å². The van der Waals surface area contributed by atoms with Crippen molar-refractivity contribution in [1.82, 2.24) is 5.43 Å². The lowest BCUT2D eigenvalue weighted by Crippen LogP contribution is -2.31. The molecule has 0 amide bonds. The van der Waals surface area contributed by atoms with Gasteiger partial charge in [0, 0.05) is 12.1 Å². The molecular formula is C9H11ClFN3. The Morgan fingerprint density at radius 3 is 2.93 bits per heavy atom. The Kier molecular flexibility index (Phi) is 3.85. The molecule has 1 rings (SSSR count). The molecule has 0 aromatic heterocycles. The van der Waals surface area contributed by atoms with Gasteiger partial charge in [-0.05, 0) is 25.1 Å². The van der Waals surface area contributed by atoms with Crippen LogP contribution in [0.25, 0.3) is 0 Å². The zero-order valence-corrected chi connectivity index (χ0v) is 8.48. The molecule has 5 heteroatoms. The molecule has 0 aliphatic heterocycles. The Morgan fingerprint density at radius 1 is 1.64 bits per heavy atom. The quantitative estimate of drug-likeness (QED) is 0.342. The monoisotopic (exact) mass is 215 g/mol. The molecule has 0 bridgehead atoms. The van der Waals surface area contributed by atoms with Crippen molar-refractivity contribution in [1.29, 1.82) is 0 Å². The van der Waals surface area contributed by atoms with Gasteiger partial charge in [-0.1, -0.05) is 11.6 Å². The van der Waals surface area contributed by atoms with Crippen molar-refractivity contribution < 1.29 is 4.39 Å². The highest BCUT2D eigenvalue weighted by molar-refractivity contribution is 6.34. The van der Waals surface area contributed by atoms with Crippen molar-refractivity contribution in [2.75, 3.05) is 6.54 Å². The number of hydrazine groups is 1. The number of hydrogen-bond donors (Lipinski definition) is 2. The van der Waals surface area contributed by atoms with Crippen LogP contribution in [0.1, 0.15) is 12.5 Å². The highest BCUT2D eigenvalue weighted by Crippen LogP contribution is 2.16. The zero-order chi connectivity index (χ0) is 10.6. The molecule has 76 valence electrons. The lowest BCUT2D eigenvalue weighted by atomic mass is 10.2. The molecule has 1 aromatic rings. The summed E-state index contributed by atoms with van der Waals surface area (Å²) in [6.07, 6.45) is 0. The van der Waals surface area contributed by atoms with Crippen molar-refractivity contribution in [3.63, 3.8) is 0 Å². The summed E-state index contributed by atoms with van der Waals surface area (Å²) < 4.78 is 12.9. The number of nitrogens with zero attached hydrogens (tertiary/aromatic N) is 1. The first-order valence-electron chi connectivity index (χ1n) is 4.15. The van der Waals surface area contributed by atoms with Crippen molar-refractivity contribution in [2.45, 2.75) is 6.92 Å². The standard InChI is InChI=1S/C9H11ClFN3/c1-2-13-9(14-12)7-5-6(11)3-4-8(7)10/h3-5H,2,12H2,1H3,(H,13,14). The first kappa shape index (κ1) is 10.9. The van der Waals surface area contributed by atoms with Crippen molar-refractivity contribution in [3.05, 3.63) is 34.6 Å². The summed E-state index contributed by atoms with van der Waals surface area (Å²) in [6.45, 7) is 2.40. The van der Waals surface area contributed by atoms with Crippen molar-refractivity contribution >= 4 is 17.4 Å². The largest absolute Gasteiger partial charge is 0.308 e. The van der Waals surface area contributed by atoms with E-state index < -0.39 is 0 Å². The molecule has 3 nitrogen and oxygen atoms in total. The molecule has 0 unspecified atom stereocenters.